The zero-order chi connectivity index (χ0) is 9.40. The molecule has 0 aliphatic carbocycles. The monoisotopic (exact) mass is 232 g/mol. The van der Waals surface area contributed by atoms with Crippen LogP contribution in [-0.2, 0) is 4.79 Å². The van der Waals surface area contributed by atoms with E-state index in [-0.39, 0.29) is 5.78 Å². The molecule has 0 radical (unpaired) electrons. The second kappa shape index (κ2) is 7.53. The van der Waals surface area contributed by atoms with Gasteiger partial charge in [-0.3, -0.25) is 4.79 Å². The van der Waals surface area contributed by atoms with Crippen LogP contribution in [0.25, 0.3) is 0 Å². The van der Waals surface area contributed by atoms with Gasteiger partial charge >= 0.3 is 0 Å². The third kappa shape index (κ3) is 5.53. The maximum Gasteiger partial charge on any atom is 0.156 e. The lowest BCUT2D eigenvalue weighted by atomic mass is 10.1. The van der Waals surface area contributed by atoms with E-state index in [1.165, 1.54) is 19.3 Å². The average Bonchev–Trinajstić information content (AvgIpc) is 2.04. The summed E-state index contributed by atoms with van der Waals surface area (Å²) in [6.45, 7) is 3.80. The van der Waals surface area contributed by atoms with Crippen molar-refractivity contribution in [1.29, 1.82) is 0 Å². The quantitative estimate of drug-likeness (QED) is 0.503. The van der Waals surface area contributed by atoms with E-state index in [0.717, 1.165) is 18.4 Å². The Labute approximate surface area is 83.4 Å². The molecule has 0 saturated carbocycles. The molecule has 0 fully saturated rings. The fraction of sp³-hybridized carbons (Fsp3) is 0.700. The topological polar surface area (TPSA) is 17.1 Å². The normalized spacial score (nSPS) is 11.8. The van der Waals surface area contributed by atoms with E-state index < -0.39 is 0 Å². The fourth-order valence-corrected chi connectivity index (χ4v) is 1.60. The van der Waals surface area contributed by atoms with Gasteiger partial charge in [-0.1, -0.05) is 42.1 Å². The van der Waals surface area contributed by atoms with Crippen LogP contribution in [-0.4, -0.2) is 5.78 Å². The average molecular weight is 233 g/mol. The summed E-state index contributed by atoms with van der Waals surface area (Å²) in [4.78, 5) is 12.7. The van der Waals surface area contributed by atoms with Gasteiger partial charge in [-0.05, 0) is 24.8 Å². The van der Waals surface area contributed by atoms with Crippen LogP contribution >= 0.6 is 15.9 Å². The third-order valence-corrected chi connectivity index (χ3v) is 2.44. The molecule has 12 heavy (non-hydrogen) atoms. The van der Waals surface area contributed by atoms with Crippen LogP contribution in [0.5, 0.6) is 0 Å². The van der Waals surface area contributed by atoms with E-state index in [1.54, 1.807) is 11.9 Å². The number of hydrogen-bond acceptors (Lipinski definition) is 1. The molecule has 2 heteroatoms. The number of ketones is 1. The first-order valence-corrected chi connectivity index (χ1v) is 5.44. The van der Waals surface area contributed by atoms with E-state index >= 15 is 0 Å². The fourth-order valence-electron chi connectivity index (χ4n) is 1.05. The van der Waals surface area contributed by atoms with E-state index in [1.807, 2.05) is 0 Å². The van der Waals surface area contributed by atoms with Gasteiger partial charge in [-0.25, -0.2) is 0 Å². The molecule has 0 aliphatic heterocycles. The zero-order valence-corrected chi connectivity index (χ0v) is 9.49. The van der Waals surface area contributed by atoms with Crippen molar-refractivity contribution in [2.75, 3.05) is 0 Å². The summed E-state index contributed by atoms with van der Waals surface area (Å²) >= 11 is 3.20. The Morgan fingerprint density at radius 1 is 1.33 bits per heavy atom. The van der Waals surface area contributed by atoms with E-state index in [0.29, 0.717) is 0 Å². The Morgan fingerprint density at radius 2 is 2.00 bits per heavy atom. The molecule has 1 nitrogen and oxygen atoms in total. The molecule has 0 aromatic carbocycles. The minimum atomic E-state index is 0.184. The lowest BCUT2D eigenvalue weighted by Gasteiger charge is -2.00. The summed E-state index contributed by atoms with van der Waals surface area (Å²) in [5.74, 6) is 0.184. The molecule has 0 spiro atoms. The van der Waals surface area contributed by atoms with Crippen LogP contribution in [0, 0.1) is 0 Å². The molecule has 70 valence electrons. The van der Waals surface area contributed by atoms with Gasteiger partial charge in [0, 0.05) is 5.57 Å². The van der Waals surface area contributed by atoms with Crippen LogP contribution in [0.15, 0.2) is 10.6 Å². The maximum absolute atomic E-state index is 10.9. The van der Waals surface area contributed by atoms with Gasteiger partial charge in [0.15, 0.2) is 5.78 Å². The summed E-state index contributed by atoms with van der Waals surface area (Å²) in [6.07, 6.45) is 5.79. The molecule has 0 saturated heterocycles. The standard InChI is InChI=1S/C10H17BrO/c1-3-4-5-6-7-10(8-11)9(2)12/h8H,3-7H2,1-2H3/b10-8-. The number of Topliss-reactive ketones (excluding diaryl/α,β-unsaturated/α-hetero) is 1. The second-order valence-corrected chi connectivity index (χ2v) is 3.46. The SMILES string of the molecule is CCCCCC/C(=C/Br)C(C)=O. The summed E-state index contributed by atoms with van der Waals surface area (Å²) in [6, 6.07) is 0. The number of halogens is 1. The van der Waals surface area contributed by atoms with Gasteiger partial charge in [-0.15, -0.1) is 0 Å². The van der Waals surface area contributed by atoms with Crippen molar-refractivity contribution >= 4 is 21.7 Å². The highest BCUT2D eigenvalue weighted by molar-refractivity contribution is 9.11. The molecule has 0 aromatic heterocycles. The maximum atomic E-state index is 10.9. The highest BCUT2D eigenvalue weighted by atomic mass is 79.9. The van der Waals surface area contributed by atoms with Crippen LogP contribution < -0.4 is 0 Å². The lowest BCUT2D eigenvalue weighted by molar-refractivity contribution is -0.113. The van der Waals surface area contributed by atoms with Gasteiger partial charge in [0.1, 0.15) is 0 Å². The Balaban J connectivity index is 3.54. The minimum Gasteiger partial charge on any atom is -0.295 e. The first-order valence-electron chi connectivity index (χ1n) is 4.52. The van der Waals surface area contributed by atoms with E-state index in [9.17, 15) is 4.79 Å². The molecular formula is C10H17BrO. The van der Waals surface area contributed by atoms with Gasteiger partial charge < -0.3 is 0 Å². The summed E-state index contributed by atoms with van der Waals surface area (Å²) in [5, 5.41) is 0. The molecule has 0 rings (SSSR count). The number of rotatable bonds is 6. The highest BCUT2D eigenvalue weighted by Crippen LogP contribution is 2.12. The molecule has 0 aromatic rings. The molecular weight excluding hydrogens is 216 g/mol. The Kier molecular flexibility index (Phi) is 7.47. The van der Waals surface area contributed by atoms with E-state index in [4.69, 9.17) is 0 Å². The number of hydrogen-bond donors (Lipinski definition) is 0. The molecule has 0 unspecified atom stereocenters. The van der Waals surface area contributed by atoms with Crippen molar-refractivity contribution in [3.05, 3.63) is 10.6 Å². The van der Waals surface area contributed by atoms with Crippen molar-refractivity contribution in [2.45, 2.75) is 46.0 Å². The number of carbonyl (C=O) groups excluding carboxylic acids is 1. The summed E-state index contributed by atoms with van der Waals surface area (Å²) < 4.78 is 0. The Hall–Kier alpha value is -0.110. The largest absolute Gasteiger partial charge is 0.295 e. The van der Waals surface area contributed by atoms with Crippen molar-refractivity contribution in [1.82, 2.24) is 0 Å². The van der Waals surface area contributed by atoms with E-state index in [2.05, 4.69) is 22.9 Å². The van der Waals surface area contributed by atoms with Crippen molar-refractivity contribution in [2.24, 2.45) is 0 Å². The summed E-state index contributed by atoms with van der Waals surface area (Å²) in [5.41, 5.74) is 0.908. The lowest BCUT2D eigenvalue weighted by Crippen LogP contribution is -1.95. The third-order valence-electron chi connectivity index (χ3n) is 1.88. The minimum absolute atomic E-state index is 0.184. The van der Waals surface area contributed by atoms with Crippen molar-refractivity contribution < 1.29 is 4.79 Å². The first-order chi connectivity index (χ1) is 5.72. The first kappa shape index (κ1) is 11.9. The zero-order valence-electron chi connectivity index (χ0n) is 7.90. The van der Waals surface area contributed by atoms with Gasteiger partial charge in [-0.2, -0.15) is 0 Å². The second-order valence-electron chi connectivity index (χ2n) is 3.00. The number of carbonyl (C=O) groups is 1. The van der Waals surface area contributed by atoms with Crippen molar-refractivity contribution in [3.63, 3.8) is 0 Å². The molecule has 0 heterocycles. The van der Waals surface area contributed by atoms with Gasteiger partial charge in [0.2, 0.25) is 0 Å². The van der Waals surface area contributed by atoms with Crippen LogP contribution in [0.4, 0.5) is 0 Å². The molecule has 0 atom stereocenters. The molecule has 0 bridgehead atoms. The van der Waals surface area contributed by atoms with Gasteiger partial charge in [0.05, 0.1) is 0 Å². The van der Waals surface area contributed by atoms with Crippen LogP contribution in [0.1, 0.15) is 46.0 Å². The number of unbranched alkanes of at least 4 members (excludes halogenated alkanes) is 3. The predicted molar refractivity (Wildman–Crippen MR) is 56.5 cm³/mol. The Morgan fingerprint density at radius 3 is 2.42 bits per heavy atom. The Bertz CT molecular complexity index is 161. The predicted octanol–water partition coefficient (Wildman–Crippen LogP) is 3.82. The molecule has 0 amide bonds. The van der Waals surface area contributed by atoms with Gasteiger partial charge in [0.25, 0.3) is 0 Å². The molecule has 0 aliphatic rings. The summed E-state index contributed by atoms with van der Waals surface area (Å²) in [7, 11) is 0. The highest BCUT2D eigenvalue weighted by Gasteiger charge is 2.01. The smallest absolute Gasteiger partial charge is 0.156 e. The van der Waals surface area contributed by atoms with Crippen LogP contribution in [0.3, 0.4) is 0 Å². The van der Waals surface area contributed by atoms with Crippen LogP contribution in [0.2, 0.25) is 0 Å². The van der Waals surface area contributed by atoms with Crippen molar-refractivity contribution in [3.8, 4) is 0 Å². The molecule has 0 N–H and O–H groups in total. The number of allylic oxidation sites excluding steroid dienone is 1.